The number of unbranched alkanes of at least 4 members (excludes halogenated alkanes) is 2. The number of rotatable bonds is 7. The quantitative estimate of drug-likeness (QED) is 0.578. The molecule has 0 radical (unpaired) electrons. The second kappa shape index (κ2) is 7.71. The molecule has 0 unspecified atom stereocenters. The van der Waals surface area contributed by atoms with Crippen molar-refractivity contribution in [3.05, 3.63) is 41.7 Å². The molecule has 0 aliphatic carbocycles. The zero-order chi connectivity index (χ0) is 14.2. The first-order valence-electron chi connectivity index (χ1n) is 6.74. The van der Waals surface area contributed by atoms with Gasteiger partial charge in [0.05, 0.1) is 12.6 Å². The van der Waals surface area contributed by atoms with E-state index in [1.54, 1.807) is 11.8 Å². The smallest absolute Gasteiger partial charge is 0.191 e. The molecule has 0 bridgehead atoms. The van der Waals surface area contributed by atoms with Crippen LogP contribution in [0.4, 0.5) is 0 Å². The van der Waals surface area contributed by atoms with Crippen LogP contribution in [-0.4, -0.2) is 20.5 Å². The van der Waals surface area contributed by atoms with Gasteiger partial charge < -0.3 is 4.57 Å². The standard InChI is InChI=1S/C15H18N4S/c1-13-17-18-15(20-11-7-3-6-10-16)19(13)12-14-8-4-2-5-9-14/h2,4-5,8-9H,3,6-7,11-12H2,1H3. The van der Waals surface area contributed by atoms with Crippen molar-refractivity contribution in [2.75, 3.05) is 5.75 Å². The summed E-state index contributed by atoms with van der Waals surface area (Å²) in [7, 11) is 0. The molecule has 4 nitrogen and oxygen atoms in total. The minimum absolute atomic E-state index is 0.635. The Morgan fingerprint density at radius 2 is 2.00 bits per heavy atom. The summed E-state index contributed by atoms with van der Waals surface area (Å²) in [5.41, 5.74) is 1.25. The van der Waals surface area contributed by atoms with Crippen molar-refractivity contribution in [1.82, 2.24) is 14.8 Å². The summed E-state index contributed by atoms with van der Waals surface area (Å²) < 4.78 is 2.14. The van der Waals surface area contributed by atoms with Crippen LogP contribution in [0.3, 0.4) is 0 Å². The van der Waals surface area contributed by atoms with E-state index in [9.17, 15) is 0 Å². The molecular weight excluding hydrogens is 268 g/mol. The predicted molar refractivity (Wildman–Crippen MR) is 80.5 cm³/mol. The highest BCUT2D eigenvalue weighted by Crippen LogP contribution is 2.20. The number of hydrogen-bond donors (Lipinski definition) is 0. The lowest BCUT2D eigenvalue weighted by Gasteiger charge is -2.08. The highest BCUT2D eigenvalue weighted by atomic mass is 32.2. The zero-order valence-corrected chi connectivity index (χ0v) is 12.4. The fourth-order valence-electron chi connectivity index (χ4n) is 1.89. The lowest BCUT2D eigenvalue weighted by atomic mass is 10.2. The maximum atomic E-state index is 8.51. The Hall–Kier alpha value is -1.80. The number of aromatic nitrogens is 3. The van der Waals surface area contributed by atoms with E-state index in [4.69, 9.17) is 5.26 Å². The molecule has 2 aromatic rings. The van der Waals surface area contributed by atoms with E-state index < -0.39 is 0 Å². The van der Waals surface area contributed by atoms with Crippen LogP contribution in [0.25, 0.3) is 0 Å². The van der Waals surface area contributed by atoms with Crippen molar-refractivity contribution in [3.8, 4) is 6.07 Å². The molecule has 0 saturated carbocycles. The molecule has 1 aromatic carbocycles. The normalized spacial score (nSPS) is 10.4. The lowest BCUT2D eigenvalue weighted by molar-refractivity contribution is 0.687. The van der Waals surface area contributed by atoms with Crippen LogP contribution in [0.15, 0.2) is 35.5 Å². The number of benzene rings is 1. The molecule has 5 heteroatoms. The first kappa shape index (κ1) is 14.6. The summed E-state index contributed by atoms with van der Waals surface area (Å²) in [6.45, 7) is 2.79. The van der Waals surface area contributed by atoms with Crippen LogP contribution in [0, 0.1) is 18.3 Å². The van der Waals surface area contributed by atoms with E-state index in [0.717, 1.165) is 36.1 Å². The van der Waals surface area contributed by atoms with E-state index in [2.05, 4.69) is 33.0 Å². The Bertz CT molecular complexity index is 571. The van der Waals surface area contributed by atoms with Crippen molar-refractivity contribution >= 4 is 11.8 Å². The van der Waals surface area contributed by atoms with Gasteiger partial charge in [-0.25, -0.2) is 0 Å². The minimum Gasteiger partial charge on any atom is -0.302 e. The first-order chi connectivity index (χ1) is 9.81. The molecule has 0 aliphatic heterocycles. The molecular formula is C15H18N4S. The molecule has 0 atom stereocenters. The van der Waals surface area contributed by atoms with Crippen LogP contribution in [-0.2, 0) is 6.54 Å². The molecule has 20 heavy (non-hydrogen) atoms. The van der Waals surface area contributed by atoms with Crippen LogP contribution in [0.5, 0.6) is 0 Å². The fourth-order valence-corrected chi connectivity index (χ4v) is 2.87. The zero-order valence-electron chi connectivity index (χ0n) is 11.6. The maximum absolute atomic E-state index is 8.51. The molecule has 0 saturated heterocycles. The second-order valence-corrected chi connectivity index (χ2v) is 5.63. The van der Waals surface area contributed by atoms with Gasteiger partial charge in [0.15, 0.2) is 5.16 Å². The lowest BCUT2D eigenvalue weighted by Crippen LogP contribution is -2.04. The molecule has 0 amide bonds. The van der Waals surface area contributed by atoms with Gasteiger partial charge in [0.2, 0.25) is 0 Å². The monoisotopic (exact) mass is 286 g/mol. The summed E-state index contributed by atoms with van der Waals surface area (Å²) in [5, 5.41) is 17.9. The average molecular weight is 286 g/mol. The van der Waals surface area contributed by atoms with E-state index in [1.165, 1.54) is 5.56 Å². The van der Waals surface area contributed by atoms with Crippen molar-refractivity contribution in [2.24, 2.45) is 0 Å². The number of nitriles is 1. The van der Waals surface area contributed by atoms with Crippen molar-refractivity contribution < 1.29 is 0 Å². The Labute approximate surface area is 123 Å². The van der Waals surface area contributed by atoms with Crippen LogP contribution < -0.4 is 0 Å². The number of hydrogen-bond acceptors (Lipinski definition) is 4. The highest BCUT2D eigenvalue weighted by molar-refractivity contribution is 7.99. The summed E-state index contributed by atoms with van der Waals surface area (Å²) in [6.07, 6.45) is 2.63. The number of nitrogens with zero attached hydrogens (tertiary/aromatic N) is 4. The molecule has 0 spiro atoms. The Balaban J connectivity index is 1.95. The Morgan fingerprint density at radius 1 is 1.20 bits per heavy atom. The van der Waals surface area contributed by atoms with Crippen molar-refractivity contribution in [2.45, 2.75) is 37.9 Å². The molecule has 104 valence electrons. The summed E-state index contributed by atoms with van der Waals surface area (Å²) in [5.74, 6) is 1.92. The van der Waals surface area contributed by atoms with Crippen LogP contribution >= 0.6 is 11.8 Å². The van der Waals surface area contributed by atoms with E-state index in [0.29, 0.717) is 6.42 Å². The van der Waals surface area contributed by atoms with Crippen LogP contribution in [0.1, 0.15) is 30.7 Å². The Kier molecular flexibility index (Phi) is 5.63. The molecule has 1 heterocycles. The fraction of sp³-hybridized carbons (Fsp3) is 0.400. The minimum atomic E-state index is 0.635. The van der Waals surface area contributed by atoms with Gasteiger partial charge >= 0.3 is 0 Å². The van der Waals surface area contributed by atoms with Gasteiger partial charge in [-0.1, -0.05) is 42.1 Å². The third-order valence-electron chi connectivity index (χ3n) is 3.00. The molecule has 2 rings (SSSR count). The van der Waals surface area contributed by atoms with E-state index >= 15 is 0 Å². The average Bonchev–Trinajstić information content (AvgIpc) is 2.81. The van der Waals surface area contributed by atoms with Gasteiger partial charge in [0.1, 0.15) is 5.82 Å². The molecule has 0 aliphatic rings. The second-order valence-electron chi connectivity index (χ2n) is 4.57. The van der Waals surface area contributed by atoms with Gasteiger partial charge in [0.25, 0.3) is 0 Å². The third-order valence-corrected chi connectivity index (χ3v) is 4.05. The van der Waals surface area contributed by atoms with E-state index in [1.807, 2.05) is 25.1 Å². The summed E-state index contributed by atoms with van der Waals surface area (Å²) in [4.78, 5) is 0. The number of thioether (sulfide) groups is 1. The number of aryl methyl sites for hydroxylation is 1. The Morgan fingerprint density at radius 3 is 2.75 bits per heavy atom. The molecule has 0 fully saturated rings. The maximum Gasteiger partial charge on any atom is 0.191 e. The highest BCUT2D eigenvalue weighted by Gasteiger charge is 2.09. The SMILES string of the molecule is Cc1nnc(SCCCCC#N)n1Cc1ccccc1. The first-order valence-corrected chi connectivity index (χ1v) is 7.73. The van der Waals surface area contributed by atoms with Gasteiger partial charge in [-0.2, -0.15) is 5.26 Å². The van der Waals surface area contributed by atoms with Crippen LogP contribution in [0.2, 0.25) is 0 Å². The molecule has 0 N–H and O–H groups in total. The van der Waals surface area contributed by atoms with Gasteiger partial charge in [-0.05, 0) is 25.3 Å². The summed E-state index contributed by atoms with van der Waals surface area (Å²) >= 11 is 1.72. The van der Waals surface area contributed by atoms with Crippen molar-refractivity contribution in [3.63, 3.8) is 0 Å². The van der Waals surface area contributed by atoms with E-state index in [-0.39, 0.29) is 0 Å². The van der Waals surface area contributed by atoms with Gasteiger partial charge in [0, 0.05) is 12.2 Å². The largest absolute Gasteiger partial charge is 0.302 e. The molecule has 1 aromatic heterocycles. The summed E-state index contributed by atoms with van der Waals surface area (Å²) in [6, 6.07) is 12.5. The van der Waals surface area contributed by atoms with Gasteiger partial charge in [-0.3, -0.25) is 0 Å². The predicted octanol–water partition coefficient (Wildman–Crippen LogP) is 3.42. The van der Waals surface area contributed by atoms with Gasteiger partial charge in [-0.15, -0.1) is 10.2 Å². The van der Waals surface area contributed by atoms with Crippen molar-refractivity contribution in [1.29, 1.82) is 5.26 Å². The topological polar surface area (TPSA) is 54.5 Å². The third kappa shape index (κ3) is 4.10.